The molecule has 12 heteroatoms. The van der Waals surface area contributed by atoms with E-state index in [1.165, 1.54) is 4.90 Å². The van der Waals surface area contributed by atoms with E-state index < -0.39 is 47.4 Å². The van der Waals surface area contributed by atoms with E-state index in [1.807, 2.05) is 25.2 Å². The van der Waals surface area contributed by atoms with Crippen LogP contribution in [0.25, 0.3) is 0 Å². The number of nitrogens with zero attached hydrogens (tertiary/aromatic N) is 2. The quantitative estimate of drug-likeness (QED) is 0.475. The lowest BCUT2D eigenvalue weighted by Gasteiger charge is -2.38. The van der Waals surface area contributed by atoms with Crippen molar-refractivity contribution in [3.63, 3.8) is 0 Å². The number of nitrogens with one attached hydrogen (secondary N) is 3. The number of halogens is 3. The van der Waals surface area contributed by atoms with Crippen LogP contribution in [-0.2, 0) is 19.2 Å². The van der Waals surface area contributed by atoms with Gasteiger partial charge in [0.2, 0.25) is 17.7 Å². The zero-order valence-electron chi connectivity index (χ0n) is 21.2. The molecule has 3 rings (SSSR count). The molecule has 0 bridgehead atoms. The van der Waals surface area contributed by atoms with Gasteiger partial charge in [-0.2, -0.15) is 18.4 Å². The maximum absolute atomic E-state index is 13.5. The summed E-state index contributed by atoms with van der Waals surface area (Å²) < 4.78 is 38.8. The Morgan fingerprint density at radius 2 is 1.86 bits per heavy atom. The van der Waals surface area contributed by atoms with E-state index in [1.54, 1.807) is 20.8 Å². The fourth-order valence-electron chi connectivity index (χ4n) is 5.70. The lowest BCUT2D eigenvalue weighted by Crippen LogP contribution is -2.59. The number of likely N-dealkylation sites (tertiary alicyclic amines) is 1. The van der Waals surface area contributed by atoms with Gasteiger partial charge in [-0.3, -0.25) is 19.2 Å². The van der Waals surface area contributed by atoms with E-state index in [9.17, 15) is 37.6 Å². The van der Waals surface area contributed by atoms with Crippen LogP contribution in [0.2, 0.25) is 0 Å². The second kappa shape index (κ2) is 9.56. The average molecular weight is 514 g/mol. The molecule has 0 aromatic heterocycles. The number of fused-ring (bicyclic) bond motifs is 1. The number of rotatable bonds is 7. The van der Waals surface area contributed by atoms with Crippen LogP contribution in [-0.4, -0.2) is 65.9 Å². The predicted octanol–water partition coefficient (Wildman–Crippen LogP) is 1.49. The molecule has 9 nitrogen and oxygen atoms in total. The van der Waals surface area contributed by atoms with Gasteiger partial charge >= 0.3 is 12.1 Å². The largest absolute Gasteiger partial charge is 0.471 e. The van der Waals surface area contributed by atoms with Crippen LogP contribution in [0.15, 0.2) is 0 Å². The van der Waals surface area contributed by atoms with Gasteiger partial charge in [-0.15, -0.1) is 0 Å². The topological polar surface area (TPSA) is 131 Å². The van der Waals surface area contributed by atoms with E-state index in [-0.39, 0.29) is 48.5 Å². The first kappa shape index (κ1) is 27.7. The number of nitriles is 1. The highest BCUT2D eigenvalue weighted by Crippen LogP contribution is 2.65. The molecule has 1 saturated carbocycles. The number of piperidine rings is 1. The van der Waals surface area contributed by atoms with Crippen molar-refractivity contribution >= 4 is 23.6 Å². The predicted molar refractivity (Wildman–Crippen MR) is 122 cm³/mol. The summed E-state index contributed by atoms with van der Waals surface area (Å²) in [6.45, 7) is 9.50. The number of carbonyl (C=O) groups is 4. The Balaban J connectivity index is 1.74. The summed E-state index contributed by atoms with van der Waals surface area (Å²) in [5.41, 5.74) is -1.16. The fraction of sp³-hybridized carbons (Fsp3) is 0.792. The third-order valence-electron chi connectivity index (χ3n) is 7.84. The second-order valence-electron chi connectivity index (χ2n) is 11.7. The molecule has 2 saturated heterocycles. The third-order valence-corrected chi connectivity index (χ3v) is 7.84. The molecule has 0 aromatic carbocycles. The molecule has 2 heterocycles. The average Bonchev–Trinajstić information content (AvgIpc) is 3.06. The Kier molecular flexibility index (Phi) is 7.37. The van der Waals surface area contributed by atoms with Crippen molar-refractivity contribution in [3.05, 3.63) is 0 Å². The van der Waals surface area contributed by atoms with Crippen LogP contribution < -0.4 is 16.0 Å². The Labute approximate surface area is 208 Å². The smallest absolute Gasteiger partial charge is 0.356 e. The highest BCUT2D eigenvalue weighted by Gasteiger charge is 2.68. The number of hydrogen-bond acceptors (Lipinski definition) is 5. The van der Waals surface area contributed by atoms with Gasteiger partial charge in [0.15, 0.2) is 0 Å². The number of amides is 4. The standard InChI is InChI=1S/C24H34F3N5O4/c1-22(2,3)18(31-21(36)24(25,26)27)20(35)32-11-14-17(23(14,4)5)15(32)9-16(33)30-13(10-28)8-12-6-7-29-19(12)34/h12-15,17-18H,6-9,11H2,1-5H3,(H,29,34)(H,30,33)(H,31,36)/t12-,13-,14-,15+,17-,18+/m0/s1. The SMILES string of the molecule is CC(C)(C)[C@H](NC(=O)C(F)(F)F)C(=O)N1C[C@H]2[C@@H]([C@H]1CC(=O)N[C@H](C#N)C[C@@H]1CCNC1=O)C2(C)C. The molecule has 0 radical (unpaired) electrons. The summed E-state index contributed by atoms with van der Waals surface area (Å²) in [6, 6.07) is -0.900. The Morgan fingerprint density at radius 3 is 2.36 bits per heavy atom. The first-order valence-corrected chi connectivity index (χ1v) is 12.1. The van der Waals surface area contributed by atoms with Crippen LogP contribution in [0.3, 0.4) is 0 Å². The first-order chi connectivity index (χ1) is 16.5. The Morgan fingerprint density at radius 1 is 1.22 bits per heavy atom. The summed E-state index contributed by atoms with van der Waals surface area (Å²) >= 11 is 0. The first-order valence-electron chi connectivity index (χ1n) is 12.1. The zero-order chi connectivity index (χ0) is 27.2. The molecular formula is C24H34F3N5O4. The molecule has 0 spiro atoms. The highest BCUT2D eigenvalue weighted by molar-refractivity contribution is 5.91. The van der Waals surface area contributed by atoms with Crippen molar-refractivity contribution in [1.82, 2.24) is 20.9 Å². The minimum absolute atomic E-state index is 0.0349. The third kappa shape index (κ3) is 5.60. The second-order valence-corrected chi connectivity index (χ2v) is 11.7. The van der Waals surface area contributed by atoms with E-state index in [0.717, 1.165) is 0 Å². The van der Waals surface area contributed by atoms with E-state index in [2.05, 4.69) is 10.6 Å². The maximum Gasteiger partial charge on any atom is 0.471 e. The monoisotopic (exact) mass is 513 g/mol. The molecule has 4 amide bonds. The van der Waals surface area contributed by atoms with Crippen LogP contribution in [0, 0.1) is 39.9 Å². The molecule has 6 atom stereocenters. The number of hydrogen-bond donors (Lipinski definition) is 3. The summed E-state index contributed by atoms with van der Waals surface area (Å²) in [7, 11) is 0. The van der Waals surface area contributed by atoms with Crippen molar-refractivity contribution in [3.8, 4) is 6.07 Å². The fourth-order valence-corrected chi connectivity index (χ4v) is 5.70. The normalized spacial score (nSPS) is 28.4. The number of alkyl halides is 3. The van der Waals surface area contributed by atoms with Gasteiger partial charge in [0.25, 0.3) is 0 Å². The van der Waals surface area contributed by atoms with Gasteiger partial charge < -0.3 is 20.9 Å². The molecule has 3 aliphatic rings. The van der Waals surface area contributed by atoms with Crippen LogP contribution >= 0.6 is 0 Å². The Bertz CT molecular complexity index is 968. The van der Waals surface area contributed by atoms with Gasteiger partial charge in [-0.25, -0.2) is 0 Å². The zero-order valence-corrected chi connectivity index (χ0v) is 21.2. The summed E-state index contributed by atoms with van der Waals surface area (Å²) in [4.78, 5) is 51.3. The molecule has 0 aromatic rings. The molecule has 200 valence electrons. The summed E-state index contributed by atoms with van der Waals surface area (Å²) in [5, 5.41) is 16.7. The summed E-state index contributed by atoms with van der Waals surface area (Å²) in [5.74, 6) is -3.81. The van der Waals surface area contributed by atoms with Gasteiger partial charge in [0.1, 0.15) is 12.1 Å². The van der Waals surface area contributed by atoms with Crippen molar-refractivity contribution in [2.75, 3.05) is 13.1 Å². The van der Waals surface area contributed by atoms with E-state index in [4.69, 9.17) is 0 Å². The van der Waals surface area contributed by atoms with E-state index in [0.29, 0.717) is 13.0 Å². The minimum atomic E-state index is -5.14. The Hall–Kier alpha value is -2.84. The lowest BCUT2D eigenvalue weighted by molar-refractivity contribution is -0.176. The van der Waals surface area contributed by atoms with Crippen LogP contribution in [0.1, 0.15) is 53.9 Å². The molecule has 3 N–H and O–H groups in total. The van der Waals surface area contributed by atoms with Crippen molar-refractivity contribution in [1.29, 1.82) is 5.26 Å². The molecule has 0 unspecified atom stereocenters. The van der Waals surface area contributed by atoms with E-state index >= 15 is 0 Å². The minimum Gasteiger partial charge on any atom is -0.356 e. The van der Waals surface area contributed by atoms with Gasteiger partial charge in [-0.05, 0) is 35.5 Å². The molecule has 1 aliphatic carbocycles. The molecule has 3 fully saturated rings. The molecule has 2 aliphatic heterocycles. The molecule has 36 heavy (non-hydrogen) atoms. The van der Waals surface area contributed by atoms with Crippen molar-refractivity contribution in [2.24, 2.45) is 28.6 Å². The molecular weight excluding hydrogens is 479 g/mol. The number of carbonyl (C=O) groups excluding carboxylic acids is 4. The van der Waals surface area contributed by atoms with Crippen LogP contribution in [0.4, 0.5) is 13.2 Å². The summed E-state index contributed by atoms with van der Waals surface area (Å²) in [6.07, 6.45) is -4.52. The maximum atomic E-state index is 13.5. The van der Waals surface area contributed by atoms with Crippen molar-refractivity contribution < 1.29 is 32.3 Å². The van der Waals surface area contributed by atoms with Crippen molar-refractivity contribution in [2.45, 2.75) is 78.2 Å². The van der Waals surface area contributed by atoms with Gasteiger partial charge in [0.05, 0.1) is 6.07 Å². The van der Waals surface area contributed by atoms with Crippen LogP contribution in [0.5, 0.6) is 0 Å². The highest BCUT2D eigenvalue weighted by atomic mass is 19.4. The van der Waals surface area contributed by atoms with Gasteiger partial charge in [-0.1, -0.05) is 34.6 Å². The lowest BCUT2D eigenvalue weighted by atomic mass is 9.85. The van der Waals surface area contributed by atoms with Gasteiger partial charge in [0, 0.05) is 31.5 Å².